The molecular formula is C16H32INO4. The van der Waals surface area contributed by atoms with E-state index in [9.17, 15) is 4.79 Å². The van der Waals surface area contributed by atoms with Crippen LogP contribution in [0.3, 0.4) is 0 Å². The molecule has 5 nitrogen and oxygen atoms in total. The molecule has 0 saturated heterocycles. The van der Waals surface area contributed by atoms with Crippen molar-refractivity contribution in [3.8, 4) is 0 Å². The van der Waals surface area contributed by atoms with Crippen LogP contribution in [-0.2, 0) is 14.2 Å². The largest absolute Gasteiger partial charge is 0.444 e. The summed E-state index contributed by atoms with van der Waals surface area (Å²) < 4.78 is 17.7. The number of halogens is 1. The number of likely N-dealkylation sites (N-methyl/N-ethyl adjacent to an activating group) is 1. The van der Waals surface area contributed by atoms with E-state index < -0.39 is 11.2 Å². The first-order valence-corrected chi connectivity index (χ1v) is 9.13. The molecule has 0 bridgehead atoms. The standard InChI is InChI=1S/C16H32INO4/c1-9-18(13(19)22-14(2,3)4)11-16(7,10-17)21-12-15(5,6)20-8/h9-12H2,1-8H3. The van der Waals surface area contributed by atoms with Gasteiger partial charge in [-0.1, -0.05) is 22.6 Å². The average molecular weight is 429 g/mol. The molecule has 0 spiro atoms. The second kappa shape index (κ2) is 8.68. The molecule has 0 aromatic heterocycles. The van der Waals surface area contributed by atoms with Crippen molar-refractivity contribution in [3.63, 3.8) is 0 Å². The second-order valence-electron chi connectivity index (χ2n) is 7.33. The van der Waals surface area contributed by atoms with Crippen molar-refractivity contribution in [2.45, 2.75) is 65.3 Å². The molecule has 0 rings (SSSR count). The van der Waals surface area contributed by atoms with Crippen molar-refractivity contribution in [2.75, 3.05) is 31.2 Å². The van der Waals surface area contributed by atoms with Gasteiger partial charge in [0.05, 0.1) is 24.4 Å². The molecule has 1 atom stereocenters. The van der Waals surface area contributed by atoms with Crippen LogP contribution >= 0.6 is 22.6 Å². The first-order chi connectivity index (χ1) is 9.88. The Morgan fingerprint density at radius 1 is 1.14 bits per heavy atom. The highest BCUT2D eigenvalue weighted by Crippen LogP contribution is 2.21. The number of alkyl halides is 1. The van der Waals surface area contributed by atoms with Gasteiger partial charge in [-0.05, 0) is 48.5 Å². The van der Waals surface area contributed by atoms with E-state index in [1.54, 1.807) is 12.0 Å². The summed E-state index contributed by atoms with van der Waals surface area (Å²) in [7, 11) is 1.67. The maximum Gasteiger partial charge on any atom is 0.410 e. The van der Waals surface area contributed by atoms with Crippen LogP contribution in [0.25, 0.3) is 0 Å². The predicted octanol–water partition coefficient (Wildman–Crippen LogP) is 3.88. The van der Waals surface area contributed by atoms with E-state index in [0.717, 1.165) is 4.43 Å². The Morgan fingerprint density at radius 2 is 1.68 bits per heavy atom. The van der Waals surface area contributed by atoms with Gasteiger partial charge in [-0.2, -0.15) is 0 Å². The Morgan fingerprint density at radius 3 is 2.05 bits per heavy atom. The van der Waals surface area contributed by atoms with Gasteiger partial charge in [-0.25, -0.2) is 4.79 Å². The Hall–Kier alpha value is -0.0800. The number of carbonyl (C=O) groups is 1. The molecule has 0 aliphatic heterocycles. The molecule has 0 aromatic carbocycles. The third kappa shape index (κ3) is 8.53. The van der Waals surface area contributed by atoms with Crippen molar-refractivity contribution in [1.82, 2.24) is 4.90 Å². The van der Waals surface area contributed by atoms with Crippen molar-refractivity contribution in [3.05, 3.63) is 0 Å². The molecule has 1 amide bonds. The quantitative estimate of drug-likeness (QED) is 0.434. The SMILES string of the molecule is CCN(CC(C)(CI)OCC(C)(C)OC)C(=O)OC(C)(C)C. The van der Waals surface area contributed by atoms with Crippen LogP contribution in [0.5, 0.6) is 0 Å². The average Bonchev–Trinajstić information content (AvgIpc) is 2.41. The highest BCUT2D eigenvalue weighted by atomic mass is 127. The minimum absolute atomic E-state index is 0.305. The van der Waals surface area contributed by atoms with E-state index >= 15 is 0 Å². The van der Waals surface area contributed by atoms with Gasteiger partial charge < -0.3 is 19.1 Å². The number of carbonyl (C=O) groups excluding carboxylic acids is 1. The number of methoxy groups -OCH3 is 1. The maximum absolute atomic E-state index is 12.3. The summed E-state index contributed by atoms with van der Waals surface area (Å²) in [6, 6.07) is 0. The lowest BCUT2D eigenvalue weighted by Crippen LogP contribution is -2.49. The van der Waals surface area contributed by atoms with E-state index in [1.165, 1.54) is 0 Å². The molecule has 0 aromatic rings. The van der Waals surface area contributed by atoms with E-state index in [0.29, 0.717) is 19.7 Å². The fourth-order valence-electron chi connectivity index (χ4n) is 1.57. The van der Waals surface area contributed by atoms with Crippen molar-refractivity contribution in [2.24, 2.45) is 0 Å². The molecule has 1 unspecified atom stereocenters. The molecule has 0 N–H and O–H groups in total. The molecule has 0 radical (unpaired) electrons. The summed E-state index contributed by atoms with van der Waals surface area (Å²) in [6.07, 6.45) is -0.305. The van der Waals surface area contributed by atoms with Crippen molar-refractivity contribution in [1.29, 1.82) is 0 Å². The van der Waals surface area contributed by atoms with E-state index in [2.05, 4.69) is 22.6 Å². The Labute approximate surface area is 149 Å². The lowest BCUT2D eigenvalue weighted by atomic mass is 10.1. The van der Waals surface area contributed by atoms with Gasteiger partial charge in [0.25, 0.3) is 0 Å². The highest BCUT2D eigenvalue weighted by molar-refractivity contribution is 14.1. The van der Waals surface area contributed by atoms with Crippen LogP contribution in [0, 0.1) is 0 Å². The normalized spacial score (nSPS) is 15.3. The molecule has 0 aliphatic rings. The van der Waals surface area contributed by atoms with Crippen LogP contribution in [0.2, 0.25) is 0 Å². The van der Waals surface area contributed by atoms with Crippen LogP contribution in [0.1, 0.15) is 48.5 Å². The Balaban J connectivity index is 4.82. The number of rotatable bonds is 8. The number of ether oxygens (including phenoxy) is 3. The molecule has 0 saturated carbocycles. The minimum atomic E-state index is -0.496. The second-order valence-corrected chi connectivity index (χ2v) is 8.09. The third-order valence-electron chi connectivity index (χ3n) is 3.16. The molecule has 0 fully saturated rings. The van der Waals surface area contributed by atoms with E-state index in [4.69, 9.17) is 14.2 Å². The van der Waals surface area contributed by atoms with Gasteiger partial charge >= 0.3 is 6.09 Å². The topological polar surface area (TPSA) is 48.0 Å². The first-order valence-electron chi connectivity index (χ1n) is 7.61. The number of amides is 1. The zero-order valence-corrected chi connectivity index (χ0v) is 17.4. The summed E-state index contributed by atoms with van der Waals surface area (Å²) >= 11 is 2.29. The fraction of sp³-hybridized carbons (Fsp3) is 0.938. The third-order valence-corrected chi connectivity index (χ3v) is 4.78. The van der Waals surface area contributed by atoms with Gasteiger partial charge in [-0.3, -0.25) is 0 Å². The lowest BCUT2D eigenvalue weighted by molar-refractivity contribution is -0.111. The van der Waals surface area contributed by atoms with Gasteiger partial charge in [0.2, 0.25) is 0 Å². The van der Waals surface area contributed by atoms with Crippen LogP contribution < -0.4 is 0 Å². The van der Waals surface area contributed by atoms with E-state index in [1.807, 2.05) is 48.5 Å². The molecule has 22 heavy (non-hydrogen) atoms. The lowest BCUT2D eigenvalue weighted by Gasteiger charge is -2.37. The van der Waals surface area contributed by atoms with Crippen molar-refractivity contribution >= 4 is 28.7 Å². The summed E-state index contributed by atoms with van der Waals surface area (Å²) in [5, 5.41) is 0. The summed E-state index contributed by atoms with van der Waals surface area (Å²) in [5.74, 6) is 0. The van der Waals surface area contributed by atoms with Gasteiger partial charge in [-0.15, -0.1) is 0 Å². The van der Waals surface area contributed by atoms with Crippen LogP contribution in [-0.4, -0.2) is 59.0 Å². The number of hydrogen-bond donors (Lipinski definition) is 0. The molecule has 0 aliphatic carbocycles. The predicted molar refractivity (Wildman–Crippen MR) is 97.8 cm³/mol. The summed E-state index contributed by atoms with van der Waals surface area (Å²) in [4.78, 5) is 13.9. The zero-order chi connectivity index (χ0) is 17.6. The van der Waals surface area contributed by atoms with Crippen LogP contribution in [0.15, 0.2) is 0 Å². The van der Waals surface area contributed by atoms with Crippen LogP contribution in [0.4, 0.5) is 4.79 Å². The highest BCUT2D eigenvalue weighted by Gasteiger charge is 2.33. The Kier molecular flexibility index (Phi) is 8.65. The molecular weight excluding hydrogens is 397 g/mol. The van der Waals surface area contributed by atoms with Gasteiger partial charge in [0, 0.05) is 18.1 Å². The fourth-order valence-corrected chi connectivity index (χ4v) is 2.03. The molecule has 0 heterocycles. The maximum atomic E-state index is 12.3. The monoisotopic (exact) mass is 429 g/mol. The van der Waals surface area contributed by atoms with Gasteiger partial charge in [0.15, 0.2) is 0 Å². The zero-order valence-electron chi connectivity index (χ0n) is 15.3. The first kappa shape index (κ1) is 21.9. The minimum Gasteiger partial charge on any atom is -0.444 e. The Bertz CT molecular complexity index is 355. The number of nitrogens with zero attached hydrogens (tertiary/aromatic N) is 1. The van der Waals surface area contributed by atoms with E-state index in [-0.39, 0.29) is 11.7 Å². The van der Waals surface area contributed by atoms with Crippen molar-refractivity contribution < 1.29 is 19.0 Å². The summed E-state index contributed by atoms with van der Waals surface area (Å²) in [5.41, 5.74) is -1.29. The molecule has 132 valence electrons. The summed E-state index contributed by atoms with van der Waals surface area (Å²) in [6.45, 7) is 15.1. The number of hydrogen-bond acceptors (Lipinski definition) is 4. The molecule has 6 heteroatoms. The smallest absolute Gasteiger partial charge is 0.410 e. The van der Waals surface area contributed by atoms with Gasteiger partial charge in [0.1, 0.15) is 5.60 Å².